The summed E-state index contributed by atoms with van der Waals surface area (Å²) in [7, 11) is 3.48. The fourth-order valence-electron chi connectivity index (χ4n) is 10.1. The van der Waals surface area contributed by atoms with Crippen molar-refractivity contribution in [2.75, 3.05) is 55.7 Å². The smallest absolute Gasteiger partial charge is 0.387 e. The van der Waals surface area contributed by atoms with Gasteiger partial charge < -0.3 is 78.5 Å². The molecule has 0 fully saturated rings. The fourth-order valence-corrected chi connectivity index (χ4v) is 12.7. The van der Waals surface area contributed by atoms with E-state index in [1.165, 1.54) is 110 Å². The zero-order valence-electron chi connectivity index (χ0n) is 63.6. The van der Waals surface area contributed by atoms with Crippen LogP contribution < -0.4 is 48.6 Å². The number of nitrogens with zero attached hydrogens (tertiary/aromatic N) is 7. The zero-order valence-corrected chi connectivity index (χ0v) is 74.9. The van der Waals surface area contributed by atoms with E-state index in [1.54, 1.807) is 35.6 Å². The summed E-state index contributed by atoms with van der Waals surface area (Å²) in [5.74, 6) is -20.1. The molecule has 0 atom stereocenters. The average Bonchev–Trinajstić information content (AvgIpc) is 0.770. The molecule has 0 aliphatic rings. The van der Waals surface area contributed by atoms with E-state index in [1.807, 2.05) is 0 Å². The zero-order chi connectivity index (χ0) is 96.0. The maximum absolute atomic E-state index is 14.1. The first-order valence-corrected chi connectivity index (χ1v) is 39.2. The number of anilines is 6. The molecule has 28 nitrogen and oxygen atoms in total. The number of halogens is 23. The van der Waals surface area contributed by atoms with Gasteiger partial charge in [-0.25, -0.2) is 108 Å². The number of hydrogen-bond acceptors (Lipinski definition) is 24. The largest absolute Gasteiger partial charge is 0.491 e. The number of carbonyl (C=O) groups excluding carboxylic acids is 2. The molecule has 51 heteroatoms. The molecule has 0 amide bonds. The standard InChI is InChI=1S/C14H11ClF2N2O3.C13H9BrClFN2O2.C13H7ClF4N2O3.C13H7ClF3IN2O2.C12H6BrClF2N2O2.C12H8F2IN3O3/c1-6-10(18)9(15)12(13(20)21)19-11(6)7-2-4-8(5-3-7)22-14(16)17;1-20-13(19)12-11(15)9(17)5-10(18-12)7-3-2-6(14)4-8(7)16;14-7-9(19)8(16)10(20-11(7)12(21)22)4-1-2-6(5(15)3-4)23-13(17)18;1-22-13(21)12-9(14)6(19)3-7(20-12)8-4(15)2-5(18)10(16)11(8)17;13-5-2-1-4(9(15)10(5)16)7-3-6(17)8(14)11(18-7)12(19)20;1-21-9-8(12(19)20)17-11(18-10(9)16)4-2-3-5(15)7(14)6(4)13/h2-5,14H,1H3,(H2,18,19)(H,20,21);2-5H,1H3,(H2,17,18);1-3,13H,(H2,19,20)(H,21,22);2-3H,1H3,(H2,19,20);1-3H,(H2,17,18)(H,19,20);2-3H,1H3,(H,19,20)(H2,16,17,18). The number of hydrogen-bond donors (Lipinski definition) is 10. The summed E-state index contributed by atoms with van der Waals surface area (Å²) in [4.78, 5) is 93.8. The van der Waals surface area contributed by atoms with Crippen LogP contribution in [0.5, 0.6) is 17.2 Å². The van der Waals surface area contributed by atoms with E-state index >= 15 is 0 Å². The molecule has 12 rings (SSSR count). The van der Waals surface area contributed by atoms with Gasteiger partial charge in [-0.1, -0.05) is 73.9 Å². The van der Waals surface area contributed by atoms with Gasteiger partial charge >= 0.3 is 49.0 Å². The Morgan fingerprint density at radius 3 is 1.38 bits per heavy atom. The Morgan fingerprint density at radius 1 is 0.414 bits per heavy atom. The van der Waals surface area contributed by atoms with Crippen molar-refractivity contribution in [3.63, 3.8) is 0 Å². The molecule has 0 saturated heterocycles. The third-order valence-corrected chi connectivity index (χ3v) is 20.8. The number of alkyl halides is 4. The van der Waals surface area contributed by atoms with Gasteiger partial charge in [-0.05, 0) is 183 Å². The second-order valence-electron chi connectivity index (χ2n) is 24.1. The van der Waals surface area contributed by atoms with Crippen molar-refractivity contribution in [1.29, 1.82) is 0 Å². The van der Waals surface area contributed by atoms with E-state index < -0.39 is 158 Å². The SMILES string of the molecule is COC(=O)c1nc(-c2c(F)cc(I)c(F)c2F)cc(N)c1Cl.COC(=O)c1nc(-c2ccc(Br)cc2F)cc(N)c1Cl.COc1c(N)nc(-c2ccc(I)c(F)c2F)nc1C(=O)O.Cc1c(-c2ccc(OC(F)F)cc2)nc(C(=O)O)c(Cl)c1N.Nc1c(F)c(-c2ccc(OC(F)F)c(F)c2)nc(C(=O)O)c1Cl.Nc1cc(-c2ccc(Br)c(F)c2F)nc(C(=O)O)c1Cl. The first kappa shape index (κ1) is 103. The highest BCUT2D eigenvalue weighted by Crippen LogP contribution is 2.41. The molecule has 0 bridgehead atoms. The Kier molecular flexibility index (Phi) is 36.0. The van der Waals surface area contributed by atoms with Crippen molar-refractivity contribution in [2.45, 2.75) is 20.1 Å². The van der Waals surface area contributed by atoms with Gasteiger partial charge in [0.2, 0.25) is 0 Å². The highest BCUT2D eigenvalue weighted by Gasteiger charge is 2.30. The second-order valence-corrected chi connectivity index (χ2v) is 30.1. The highest BCUT2D eigenvalue weighted by molar-refractivity contribution is 14.1. The Hall–Kier alpha value is -11.9. The van der Waals surface area contributed by atoms with Crippen molar-refractivity contribution in [3.05, 3.63) is 248 Å². The molecule has 6 aromatic heterocycles. The van der Waals surface area contributed by atoms with Crippen LogP contribution in [0.4, 0.5) is 95.7 Å². The molecule has 12 aromatic rings. The molecule has 6 heterocycles. The van der Waals surface area contributed by atoms with Crippen LogP contribution >= 0.6 is 135 Å². The number of carboxylic acid groups (broad SMARTS) is 4. The van der Waals surface area contributed by atoms with Crippen LogP contribution in [0.15, 0.2) is 118 Å². The normalized spacial score (nSPS) is 10.6. The van der Waals surface area contributed by atoms with E-state index in [0.29, 0.717) is 27.4 Å². The number of rotatable bonds is 17. The van der Waals surface area contributed by atoms with Crippen molar-refractivity contribution < 1.29 is 134 Å². The number of esters is 2. The molecule has 16 N–H and O–H groups in total. The molecule has 6 aromatic carbocycles. The van der Waals surface area contributed by atoms with Crippen LogP contribution in [0.1, 0.15) is 68.5 Å². The summed E-state index contributed by atoms with van der Waals surface area (Å²) in [6.07, 6.45) is 0. The minimum Gasteiger partial charge on any atom is -0.491 e. The summed E-state index contributed by atoms with van der Waals surface area (Å²) in [6.45, 7) is -4.52. The van der Waals surface area contributed by atoms with E-state index in [-0.39, 0.29) is 128 Å². The monoisotopic (exact) mass is 2250 g/mol. The van der Waals surface area contributed by atoms with E-state index in [4.69, 9.17) is 118 Å². The van der Waals surface area contributed by atoms with Crippen LogP contribution in [0, 0.1) is 72.2 Å². The van der Waals surface area contributed by atoms with Crippen LogP contribution in [-0.2, 0) is 9.47 Å². The first-order chi connectivity index (χ1) is 59.9. The molecule has 0 aliphatic carbocycles. The number of methoxy groups -OCH3 is 3. The van der Waals surface area contributed by atoms with Gasteiger partial charge in [-0.15, -0.1) is 0 Å². The molecular formula is C77H48Br2Cl5F14I2N13O15. The lowest BCUT2D eigenvalue weighted by Gasteiger charge is -2.12. The molecule has 0 aliphatic heterocycles. The van der Waals surface area contributed by atoms with Crippen molar-refractivity contribution >= 4 is 205 Å². The van der Waals surface area contributed by atoms with Crippen LogP contribution in [0.25, 0.3) is 67.7 Å². The van der Waals surface area contributed by atoms with Crippen LogP contribution in [0.2, 0.25) is 25.1 Å². The van der Waals surface area contributed by atoms with Crippen molar-refractivity contribution in [3.8, 4) is 84.9 Å². The highest BCUT2D eigenvalue weighted by atomic mass is 127. The Morgan fingerprint density at radius 2 is 0.867 bits per heavy atom. The van der Waals surface area contributed by atoms with Gasteiger partial charge in [0.25, 0.3) is 0 Å². The molecule has 672 valence electrons. The van der Waals surface area contributed by atoms with E-state index in [2.05, 4.69) is 85.7 Å². The quantitative estimate of drug-likeness (QED) is 0.0133. The third-order valence-electron chi connectivity index (χ3n) is 16.1. The number of aromatic carboxylic acids is 4. The third kappa shape index (κ3) is 24.5. The van der Waals surface area contributed by atoms with Crippen molar-refractivity contribution in [1.82, 2.24) is 34.9 Å². The predicted octanol–water partition coefficient (Wildman–Crippen LogP) is 20.7. The number of carboxylic acids is 4. The lowest BCUT2D eigenvalue weighted by molar-refractivity contribution is -0.0523. The molecule has 0 spiro atoms. The minimum atomic E-state index is -3.24. The molecule has 0 radical (unpaired) electrons. The first-order valence-electron chi connectivity index (χ1n) is 33.6. The predicted molar refractivity (Wildman–Crippen MR) is 463 cm³/mol. The van der Waals surface area contributed by atoms with Gasteiger partial charge in [0, 0.05) is 26.7 Å². The van der Waals surface area contributed by atoms with Gasteiger partial charge in [-0.3, -0.25) is 0 Å². The number of nitrogens with two attached hydrogens (primary N) is 6. The second kappa shape index (κ2) is 44.7. The molecule has 128 heavy (non-hydrogen) atoms. The van der Waals surface area contributed by atoms with E-state index in [0.717, 1.165) is 31.4 Å². The van der Waals surface area contributed by atoms with E-state index in [9.17, 15) is 90.2 Å². The summed E-state index contributed by atoms with van der Waals surface area (Å²) < 4.78 is 209. The summed E-state index contributed by atoms with van der Waals surface area (Å²) in [6, 6.07) is 22.1. The summed E-state index contributed by atoms with van der Waals surface area (Å²) in [5, 5.41) is 34.8. The fraction of sp³-hybridized carbons (Fsp3) is 0.0779. The Labute approximate surface area is 777 Å². The van der Waals surface area contributed by atoms with Gasteiger partial charge in [0.05, 0.1) is 120 Å². The van der Waals surface area contributed by atoms with Gasteiger partial charge in [0.1, 0.15) is 23.1 Å². The summed E-state index contributed by atoms with van der Waals surface area (Å²) in [5.41, 5.74) is 29.4. The maximum Gasteiger partial charge on any atom is 0.387 e. The van der Waals surface area contributed by atoms with Crippen LogP contribution in [0.3, 0.4) is 0 Å². The molecule has 0 unspecified atom stereocenters. The topological polar surface area (TPSA) is 476 Å². The van der Waals surface area contributed by atoms with Crippen molar-refractivity contribution in [2.24, 2.45) is 0 Å². The lowest BCUT2D eigenvalue weighted by atomic mass is 10.0. The Bertz CT molecular complexity index is 6410. The molecular weight excluding hydrogens is 2200 g/mol. The number of aromatic nitrogens is 7. The number of carbonyl (C=O) groups is 6. The number of ether oxygens (including phenoxy) is 5. The Balaban J connectivity index is 0.000000211. The minimum absolute atomic E-state index is 0.0156. The van der Waals surface area contributed by atoms with Crippen LogP contribution in [-0.4, -0.2) is 126 Å². The molecule has 0 saturated carbocycles. The average molecular weight is 2250 g/mol. The summed E-state index contributed by atoms with van der Waals surface area (Å²) >= 11 is 37.9. The van der Waals surface area contributed by atoms with Gasteiger partial charge in [0.15, 0.2) is 104 Å². The maximum atomic E-state index is 14.1. The number of pyridine rings is 5. The lowest BCUT2D eigenvalue weighted by Crippen LogP contribution is -2.10. The van der Waals surface area contributed by atoms with Gasteiger partial charge in [-0.2, -0.15) is 17.6 Å². The number of nitrogen functional groups attached to an aromatic ring is 6. The number of benzene rings is 6.